The number of aliphatic carboxylic acids is 1. The molecule has 9 nitrogen and oxygen atoms in total. The molecule has 8 rings (SSSR count). The highest BCUT2D eigenvalue weighted by atomic mass is 16.4. The van der Waals surface area contributed by atoms with Gasteiger partial charge in [0, 0.05) is 49.7 Å². The van der Waals surface area contributed by atoms with Gasteiger partial charge < -0.3 is 14.6 Å². The van der Waals surface area contributed by atoms with Crippen LogP contribution >= 0.6 is 0 Å². The number of hydrogen-bond acceptors (Lipinski definition) is 5. The number of hydrogen-bond donors (Lipinski definition) is 1. The van der Waals surface area contributed by atoms with Crippen molar-refractivity contribution >= 4 is 33.9 Å². The van der Waals surface area contributed by atoms with Gasteiger partial charge in [0.05, 0.1) is 6.42 Å². The average Bonchev–Trinajstić information content (AvgIpc) is 3.54. The Labute approximate surface area is 256 Å². The molecule has 1 N–H and O–H groups in total. The second-order valence-corrected chi connectivity index (χ2v) is 12.5. The third-order valence-corrected chi connectivity index (χ3v) is 9.81. The van der Waals surface area contributed by atoms with Crippen molar-refractivity contribution in [3.05, 3.63) is 87.2 Å². The van der Waals surface area contributed by atoms with E-state index in [0.29, 0.717) is 13.1 Å². The first-order chi connectivity index (χ1) is 21.3. The van der Waals surface area contributed by atoms with Crippen LogP contribution in [0, 0.1) is 13.8 Å². The van der Waals surface area contributed by atoms with Gasteiger partial charge in [-0.05, 0) is 90.6 Å². The molecule has 0 fully saturated rings. The van der Waals surface area contributed by atoms with Crippen LogP contribution in [0.25, 0.3) is 22.1 Å². The normalized spacial score (nSPS) is 17.6. The first-order valence-corrected chi connectivity index (χ1v) is 15.7. The summed E-state index contributed by atoms with van der Waals surface area (Å²) < 4.78 is 3.92. The van der Waals surface area contributed by atoms with Crippen LogP contribution in [0.3, 0.4) is 0 Å². The molecule has 5 aromatic rings. The second-order valence-electron chi connectivity index (χ2n) is 12.5. The van der Waals surface area contributed by atoms with Crippen LogP contribution in [0.2, 0.25) is 0 Å². The molecule has 0 aliphatic carbocycles. The first-order valence-electron chi connectivity index (χ1n) is 15.7. The highest BCUT2D eigenvalue weighted by molar-refractivity contribution is 6.01. The minimum absolute atomic E-state index is 0.0351. The van der Waals surface area contributed by atoms with E-state index in [4.69, 9.17) is 4.98 Å². The zero-order valence-corrected chi connectivity index (χ0v) is 25.6. The first kappa shape index (κ1) is 28.3. The smallest absolute Gasteiger partial charge is 0.304 e. The number of rotatable bonds is 2. The van der Waals surface area contributed by atoms with Crippen molar-refractivity contribution in [2.75, 3.05) is 6.54 Å². The van der Waals surface area contributed by atoms with Crippen LogP contribution in [0.15, 0.2) is 42.6 Å². The van der Waals surface area contributed by atoms with Crippen molar-refractivity contribution in [3.63, 3.8) is 0 Å². The summed E-state index contributed by atoms with van der Waals surface area (Å²) in [5, 5.41) is 20.0. The molecule has 226 valence electrons. The van der Waals surface area contributed by atoms with Crippen LogP contribution < -0.4 is 0 Å². The van der Waals surface area contributed by atoms with E-state index in [0.717, 1.165) is 101 Å². The molecule has 1 amide bonds. The third-order valence-electron chi connectivity index (χ3n) is 9.81. The van der Waals surface area contributed by atoms with Gasteiger partial charge in [0.25, 0.3) is 5.91 Å². The van der Waals surface area contributed by atoms with Crippen molar-refractivity contribution in [2.24, 2.45) is 7.05 Å². The standard InChI is InChI=1S/C35H38N6O3/c1-21-29-19-36-34-32(21)37-38-41(34)14-7-5-4-6-8-23-9-12-30-27(16-23)22(2)33(39(30)3)35(44)40-15-13-24-10-11-25(17-26(24)20-40)28(29)18-31(42)43/h9-12,16-17,19,28H,4-8,13-15,18,20H2,1-3H3,(H,42,43)/t28-/m0/s1. The van der Waals surface area contributed by atoms with Crippen LogP contribution in [0.1, 0.15) is 87.5 Å². The molecule has 3 aliphatic heterocycles. The van der Waals surface area contributed by atoms with Gasteiger partial charge in [-0.1, -0.05) is 42.3 Å². The van der Waals surface area contributed by atoms with E-state index in [1.54, 1.807) is 0 Å². The summed E-state index contributed by atoms with van der Waals surface area (Å²) in [5.74, 6) is -1.24. The molecule has 0 saturated carbocycles. The van der Waals surface area contributed by atoms with Crippen LogP contribution in [-0.2, 0) is 37.8 Å². The molecular weight excluding hydrogens is 552 g/mol. The lowest BCUT2D eigenvalue weighted by Gasteiger charge is -2.30. The number of amides is 1. The highest BCUT2D eigenvalue weighted by Gasteiger charge is 2.29. The number of carbonyl (C=O) groups is 2. The molecule has 2 aromatic carbocycles. The number of benzene rings is 2. The Kier molecular flexibility index (Phi) is 7.19. The van der Waals surface area contributed by atoms with Gasteiger partial charge in [-0.15, -0.1) is 5.10 Å². The number of carboxylic acids is 1. The lowest BCUT2D eigenvalue weighted by Crippen LogP contribution is -2.37. The number of fused-ring (bicyclic) bond motifs is 6. The minimum atomic E-state index is -0.876. The molecule has 3 aromatic heterocycles. The molecule has 44 heavy (non-hydrogen) atoms. The summed E-state index contributed by atoms with van der Waals surface area (Å²) in [4.78, 5) is 32.9. The number of nitrogens with zero attached hydrogens (tertiary/aromatic N) is 6. The highest BCUT2D eigenvalue weighted by Crippen LogP contribution is 2.35. The fourth-order valence-electron chi connectivity index (χ4n) is 7.32. The zero-order valence-electron chi connectivity index (χ0n) is 25.6. The number of pyridine rings is 1. The Hall–Kier alpha value is -4.53. The topological polar surface area (TPSA) is 106 Å². The van der Waals surface area contributed by atoms with Crippen LogP contribution in [0.5, 0.6) is 0 Å². The molecule has 0 spiro atoms. The van der Waals surface area contributed by atoms with Gasteiger partial charge >= 0.3 is 5.97 Å². The zero-order chi connectivity index (χ0) is 30.5. The molecule has 9 heteroatoms. The Balaban J connectivity index is 1.32. The largest absolute Gasteiger partial charge is 0.481 e. The molecule has 6 heterocycles. The summed E-state index contributed by atoms with van der Waals surface area (Å²) in [7, 11) is 1.99. The van der Waals surface area contributed by atoms with Crippen LogP contribution in [-0.4, -0.2) is 53.0 Å². The van der Waals surface area contributed by atoms with Crippen molar-refractivity contribution < 1.29 is 14.7 Å². The van der Waals surface area contributed by atoms with E-state index < -0.39 is 11.9 Å². The number of aryl methyl sites for hydroxylation is 5. The van der Waals surface area contributed by atoms with Crippen molar-refractivity contribution in [2.45, 2.75) is 77.8 Å². The maximum Gasteiger partial charge on any atom is 0.304 e. The molecule has 0 unspecified atom stereocenters. The van der Waals surface area contributed by atoms with E-state index >= 15 is 0 Å². The maximum absolute atomic E-state index is 14.1. The van der Waals surface area contributed by atoms with E-state index in [1.807, 2.05) is 40.4 Å². The van der Waals surface area contributed by atoms with Crippen molar-refractivity contribution in [1.82, 2.24) is 29.4 Å². The third kappa shape index (κ3) is 4.84. The summed E-state index contributed by atoms with van der Waals surface area (Å²) in [6, 6.07) is 12.9. The van der Waals surface area contributed by atoms with E-state index in [1.165, 1.54) is 11.1 Å². The summed E-state index contributed by atoms with van der Waals surface area (Å²) >= 11 is 0. The van der Waals surface area contributed by atoms with Crippen molar-refractivity contribution in [3.8, 4) is 0 Å². The summed E-state index contributed by atoms with van der Waals surface area (Å²) in [6.45, 7) is 5.93. The lowest BCUT2D eigenvalue weighted by atomic mass is 9.84. The predicted octanol–water partition coefficient (Wildman–Crippen LogP) is 5.86. The van der Waals surface area contributed by atoms with E-state index in [9.17, 15) is 14.7 Å². The quantitative estimate of drug-likeness (QED) is 0.276. The van der Waals surface area contributed by atoms with Gasteiger partial charge in [0.15, 0.2) is 5.65 Å². The Morgan fingerprint density at radius 2 is 1.82 bits per heavy atom. The number of aromatic nitrogens is 5. The van der Waals surface area contributed by atoms with Gasteiger partial charge in [0.2, 0.25) is 0 Å². The SMILES string of the molecule is Cc1c2n(C)c3ccc(cc13)CCCCCCn1nnc3c(C)c(cnc31)[C@@H](CC(=O)O)c1ccc3c(c1)CN(CC3)C2=O. The number of carbonyl (C=O) groups excluding carboxylic acids is 1. The monoisotopic (exact) mass is 590 g/mol. The number of carboxylic acid groups (broad SMARTS) is 1. The average molecular weight is 591 g/mol. The summed E-state index contributed by atoms with van der Waals surface area (Å²) in [6.07, 6.45) is 7.78. The second kappa shape index (κ2) is 11.2. The molecule has 10 bridgehead atoms. The predicted molar refractivity (Wildman–Crippen MR) is 169 cm³/mol. The molecule has 3 aliphatic rings. The van der Waals surface area contributed by atoms with Crippen LogP contribution in [0.4, 0.5) is 0 Å². The molecule has 0 radical (unpaired) electrons. The Morgan fingerprint density at radius 3 is 2.66 bits per heavy atom. The maximum atomic E-state index is 14.1. The Morgan fingerprint density at radius 1 is 0.977 bits per heavy atom. The van der Waals surface area contributed by atoms with Gasteiger partial charge in [-0.3, -0.25) is 9.59 Å². The molecular formula is C35H38N6O3. The molecule has 0 saturated heterocycles. The molecule has 1 atom stereocenters. The van der Waals surface area contributed by atoms with E-state index in [2.05, 4.69) is 47.6 Å². The summed E-state index contributed by atoms with van der Waals surface area (Å²) in [5.41, 5.74) is 10.5. The van der Waals surface area contributed by atoms with Gasteiger partial charge in [0.1, 0.15) is 11.2 Å². The fraction of sp³-hybridized carbons (Fsp3) is 0.400. The minimum Gasteiger partial charge on any atom is -0.481 e. The van der Waals surface area contributed by atoms with Crippen molar-refractivity contribution in [1.29, 1.82) is 0 Å². The lowest BCUT2D eigenvalue weighted by molar-refractivity contribution is -0.137. The van der Waals surface area contributed by atoms with Gasteiger partial charge in [-0.25, -0.2) is 9.67 Å². The van der Waals surface area contributed by atoms with Gasteiger partial charge in [-0.2, -0.15) is 0 Å². The fourth-order valence-corrected chi connectivity index (χ4v) is 7.32. The van der Waals surface area contributed by atoms with E-state index in [-0.39, 0.29) is 12.3 Å². The Bertz CT molecular complexity index is 1940.